The summed E-state index contributed by atoms with van der Waals surface area (Å²) in [5.74, 6) is 1.28. The Labute approximate surface area is 176 Å². The molecule has 0 spiro atoms. The molecule has 0 fully saturated rings. The van der Waals surface area contributed by atoms with Crippen LogP contribution in [0.2, 0.25) is 0 Å². The van der Waals surface area contributed by atoms with Crippen LogP contribution in [-0.2, 0) is 6.42 Å². The van der Waals surface area contributed by atoms with Gasteiger partial charge in [-0.2, -0.15) is 5.26 Å². The average molecular weight is 405 g/mol. The third-order valence-electron chi connectivity index (χ3n) is 4.64. The zero-order valence-corrected chi connectivity index (χ0v) is 17.8. The molecule has 0 aliphatic heterocycles. The average Bonchev–Trinajstić information content (AvgIpc) is 3.26. The Morgan fingerprint density at radius 2 is 1.86 bits per heavy atom. The fourth-order valence-corrected chi connectivity index (χ4v) is 3.80. The third kappa shape index (κ3) is 5.04. The summed E-state index contributed by atoms with van der Waals surface area (Å²) in [6, 6.07) is 16.4. The number of hydrogen-bond donors (Lipinski definition) is 0. The third-order valence-corrected chi connectivity index (χ3v) is 5.52. The molecule has 0 unspecified atom stereocenters. The molecule has 3 aromatic rings. The molecule has 5 heteroatoms. The second-order valence-electron chi connectivity index (χ2n) is 6.62. The first kappa shape index (κ1) is 20.6. The highest BCUT2D eigenvalue weighted by molar-refractivity contribution is 7.11. The largest absolute Gasteiger partial charge is 0.493 e. The highest BCUT2D eigenvalue weighted by Gasteiger charge is 2.10. The van der Waals surface area contributed by atoms with Crippen LogP contribution in [0.4, 0.5) is 0 Å². The normalized spacial score (nSPS) is 11.2. The van der Waals surface area contributed by atoms with Crippen LogP contribution in [0.3, 0.4) is 0 Å². The van der Waals surface area contributed by atoms with E-state index < -0.39 is 0 Å². The SMILES string of the molecule is CCCCc1ccc(-c2csc(/C(C#N)=C/c3ccc(OC)c(OC)c3)n2)cc1. The zero-order chi connectivity index (χ0) is 20.6. The summed E-state index contributed by atoms with van der Waals surface area (Å²) in [4.78, 5) is 4.69. The van der Waals surface area contributed by atoms with Crippen molar-refractivity contribution in [3.8, 4) is 28.8 Å². The number of aromatic nitrogens is 1. The summed E-state index contributed by atoms with van der Waals surface area (Å²) < 4.78 is 10.6. The first-order chi connectivity index (χ1) is 14.2. The molecule has 29 heavy (non-hydrogen) atoms. The van der Waals surface area contributed by atoms with E-state index in [1.807, 2.05) is 29.7 Å². The van der Waals surface area contributed by atoms with Gasteiger partial charge in [-0.05, 0) is 42.2 Å². The molecule has 4 nitrogen and oxygen atoms in total. The maximum absolute atomic E-state index is 9.66. The van der Waals surface area contributed by atoms with E-state index >= 15 is 0 Å². The van der Waals surface area contributed by atoms with Gasteiger partial charge in [0.1, 0.15) is 11.1 Å². The van der Waals surface area contributed by atoms with Crippen LogP contribution in [0.1, 0.15) is 35.9 Å². The van der Waals surface area contributed by atoms with Gasteiger partial charge in [0.2, 0.25) is 0 Å². The van der Waals surface area contributed by atoms with Crippen molar-refractivity contribution < 1.29 is 9.47 Å². The van der Waals surface area contributed by atoms with Gasteiger partial charge in [-0.15, -0.1) is 11.3 Å². The lowest BCUT2D eigenvalue weighted by molar-refractivity contribution is 0.355. The fraction of sp³-hybridized carbons (Fsp3) is 0.250. The van der Waals surface area contributed by atoms with E-state index in [0.29, 0.717) is 22.1 Å². The molecule has 2 aromatic carbocycles. The van der Waals surface area contributed by atoms with Crippen LogP contribution in [0.25, 0.3) is 22.9 Å². The number of unbranched alkanes of at least 4 members (excludes halogenated alkanes) is 1. The molecule has 0 saturated heterocycles. The van der Waals surface area contributed by atoms with E-state index in [9.17, 15) is 5.26 Å². The second-order valence-corrected chi connectivity index (χ2v) is 7.48. The minimum absolute atomic E-state index is 0.521. The zero-order valence-electron chi connectivity index (χ0n) is 16.9. The van der Waals surface area contributed by atoms with Gasteiger partial charge >= 0.3 is 0 Å². The van der Waals surface area contributed by atoms with Crippen LogP contribution >= 0.6 is 11.3 Å². The van der Waals surface area contributed by atoms with Crippen molar-refractivity contribution in [1.82, 2.24) is 4.98 Å². The summed E-state index contributed by atoms with van der Waals surface area (Å²) in [5.41, 5.74) is 4.68. The summed E-state index contributed by atoms with van der Waals surface area (Å²) in [6.45, 7) is 2.20. The Morgan fingerprint density at radius 3 is 2.52 bits per heavy atom. The molecular formula is C24H24N2O2S. The highest BCUT2D eigenvalue weighted by atomic mass is 32.1. The quantitative estimate of drug-likeness (QED) is 0.417. The maximum atomic E-state index is 9.66. The number of hydrogen-bond acceptors (Lipinski definition) is 5. The first-order valence-corrected chi connectivity index (χ1v) is 10.5. The number of aryl methyl sites for hydroxylation is 1. The van der Waals surface area contributed by atoms with Crippen molar-refractivity contribution in [2.45, 2.75) is 26.2 Å². The number of rotatable bonds is 8. The molecule has 3 rings (SSSR count). The lowest BCUT2D eigenvalue weighted by Gasteiger charge is -2.07. The molecule has 0 radical (unpaired) electrons. The van der Waals surface area contributed by atoms with Gasteiger partial charge in [-0.25, -0.2) is 4.98 Å². The number of thiazole rings is 1. The van der Waals surface area contributed by atoms with Gasteiger partial charge in [-0.3, -0.25) is 0 Å². The van der Waals surface area contributed by atoms with Crippen molar-refractivity contribution in [3.63, 3.8) is 0 Å². The molecule has 0 bridgehead atoms. The van der Waals surface area contributed by atoms with Crippen LogP contribution in [0.15, 0.2) is 47.8 Å². The van der Waals surface area contributed by atoms with Gasteiger partial charge in [0.15, 0.2) is 11.5 Å². The molecule has 0 atom stereocenters. The van der Waals surface area contributed by atoms with E-state index in [1.54, 1.807) is 14.2 Å². The molecule has 1 heterocycles. The van der Waals surface area contributed by atoms with E-state index in [0.717, 1.165) is 23.2 Å². The number of allylic oxidation sites excluding steroid dienone is 1. The minimum Gasteiger partial charge on any atom is -0.493 e. The summed E-state index contributed by atoms with van der Waals surface area (Å²) in [7, 11) is 3.19. The van der Waals surface area contributed by atoms with E-state index in [4.69, 9.17) is 9.47 Å². The molecule has 0 aliphatic rings. The number of methoxy groups -OCH3 is 2. The van der Waals surface area contributed by atoms with Gasteiger partial charge in [-0.1, -0.05) is 43.7 Å². The van der Waals surface area contributed by atoms with Gasteiger partial charge in [0.05, 0.1) is 25.5 Å². The lowest BCUT2D eigenvalue weighted by atomic mass is 10.1. The Bertz CT molecular complexity index is 1030. The smallest absolute Gasteiger partial charge is 0.161 e. The van der Waals surface area contributed by atoms with Gasteiger partial charge < -0.3 is 9.47 Å². The molecular weight excluding hydrogens is 380 g/mol. The Hall–Kier alpha value is -3.10. The van der Waals surface area contributed by atoms with Crippen LogP contribution in [-0.4, -0.2) is 19.2 Å². The Balaban J connectivity index is 1.84. The van der Waals surface area contributed by atoms with Crippen LogP contribution in [0.5, 0.6) is 11.5 Å². The van der Waals surface area contributed by atoms with Gasteiger partial charge in [0, 0.05) is 10.9 Å². The van der Waals surface area contributed by atoms with Crippen LogP contribution in [0, 0.1) is 11.3 Å². The molecule has 0 amide bonds. The Kier molecular flexibility index (Phi) is 7.04. The topological polar surface area (TPSA) is 55.1 Å². The highest BCUT2D eigenvalue weighted by Crippen LogP contribution is 2.31. The summed E-state index contributed by atoms with van der Waals surface area (Å²) >= 11 is 1.47. The predicted octanol–water partition coefficient (Wildman–Crippen LogP) is 6.23. The first-order valence-electron chi connectivity index (χ1n) is 9.57. The Morgan fingerprint density at radius 1 is 1.10 bits per heavy atom. The monoisotopic (exact) mass is 404 g/mol. The number of nitriles is 1. The molecule has 0 saturated carbocycles. The van der Waals surface area contributed by atoms with Crippen molar-refractivity contribution in [2.24, 2.45) is 0 Å². The summed E-state index contributed by atoms with van der Waals surface area (Å²) in [5, 5.41) is 12.4. The van der Waals surface area contributed by atoms with Crippen molar-refractivity contribution in [2.75, 3.05) is 14.2 Å². The fourth-order valence-electron chi connectivity index (χ4n) is 3.00. The van der Waals surface area contributed by atoms with Gasteiger partial charge in [0.25, 0.3) is 0 Å². The van der Waals surface area contributed by atoms with Crippen molar-refractivity contribution in [1.29, 1.82) is 5.26 Å². The standard InChI is InChI=1S/C24H24N2O2S/c1-4-5-6-17-7-10-19(11-8-17)21-16-29-24(26-21)20(15-25)13-18-9-12-22(27-2)23(14-18)28-3/h7-14,16H,4-6H2,1-3H3/b20-13+. The van der Waals surface area contributed by atoms with E-state index in [2.05, 4.69) is 42.2 Å². The van der Waals surface area contributed by atoms with Crippen LogP contribution < -0.4 is 9.47 Å². The van der Waals surface area contributed by atoms with Crippen molar-refractivity contribution in [3.05, 3.63) is 64.0 Å². The predicted molar refractivity (Wildman–Crippen MR) is 119 cm³/mol. The second kappa shape index (κ2) is 9.90. The number of benzene rings is 2. The molecule has 0 N–H and O–H groups in total. The van der Waals surface area contributed by atoms with Crippen molar-refractivity contribution >= 4 is 23.0 Å². The number of ether oxygens (including phenoxy) is 2. The minimum atomic E-state index is 0.521. The lowest BCUT2D eigenvalue weighted by Crippen LogP contribution is -1.91. The summed E-state index contributed by atoms with van der Waals surface area (Å²) in [6.07, 6.45) is 5.32. The molecule has 1 aromatic heterocycles. The van der Waals surface area contributed by atoms with E-state index in [-0.39, 0.29) is 0 Å². The maximum Gasteiger partial charge on any atom is 0.161 e. The molecule has 148 valence electrons. The van der Waals surface area contributed by atoms with E-state index in [1.165, 1.54) is 29.7 Å². The molecule has 0 aliphatic carbocycles. The number of nitrogens with zero attached hydrogens (tertiary/aromatic N) is 2.